The molecule has 1 fully saturated rings. The van der Waals surface area contributed by atoms with Crippen LogP contribution in [0.25, 0.3) is 0 Å². The first-order chi connectivity index (χ1) is 6.98. The summed E-state index contributed by atoms with van der Waals surface area (Å²) in [5, 5.41) is 19.0. The van der Waals surface area contributed by atoms with E-state index in [1.54, 1.807) is 21.7 Å². The molecule has 0 saturated carbocycles. The van der Waals surface area contributed by atoms with Gasteiger partial charge in [-0.15, -0.1) is 0 Å². The largest absolute Gasteiger partial charge is 0.465 e. The predicted molar refractivity (Wildman–Crippen MR) is 55.0 cm³/mol. The van der Waals surface area contributed by atoms with Crippen LogP contribution in [0.5, 0.6) is 0 Å². The Hall–Kier alpha value is -0.585. The fourth-order valence-electron chi connectivity index (χ4n) is 1.92. The van der Waals surface area contributed by atoms with Crippen LogP contribution in [-0.4, -0.2) is 55.5 Å². The highest BCUT2D eigenvalue weighted by atomic mass is 16.6. The highest BCUT2D eigenvalue weighted by Crippen LogP contribution is 2.38. The van der Waals surface area contributed by atoms with Gasteiger partial charge >= 0.3 is 5.97 Å². The average Bonchev–Trinajstić information content (AvgIpc) is 2.44. The van der Waals surface area contributed by atoms with Crippen LogP contribution in [0.15, 0.2) is 0 Å². The minimum Gasteiger partial charge on any atom is -0.465 e. The van der Waals surface area contributed by atoms with Crippen molar-refractivity contribution in [3.8, 4) is 0 Å². The molecule has 0 aromatic carbocycles. The number of rotatable bonds is 3. The number of carbonyl (C=O) groups is 1. The Morgan fingerprint density at radius 3 is 2.73 bits per heavy atom. The fourth-order valence-corrected chi connectivity index (χ4v) is 1.92. The first-order valence-corrected chi connectivity index (χ1v) is 5.10. The van der Waals surface area contributed by atoms with Gasteiger partial charge in [0.2, 0.25) is 0 Å². The van der Waals surface area contributed by atoms with Crippen molar-refractivity contribution >= 4 is 13.8 Å². The summed E-state index contributed by atoms with van der Waals surface area (Å²) in [6.45, 7) is 3.19. The zero-order valence-corrected chi connectivity index (χ0v) is 9.27. The molecule has 0 amide bonds. The molecule has 2 N–H and O–H groups in total. The van der Waals surface area contributed by atoms with Gasteiger partial charge in [-0.25, -0.2) is 0 Å². The van der Waals surface area contributed by atoms with E-state index < -0.39 is 29.6 Å². The molecule has 1 aliphatic rings. The summed E-state index contributed by atoms with van der Waals surface area (Å²) in [7, 11) is 1.66. The van der Waals surface area contributed by atoms with Gasteiger partial charge in [-0.3, -0.25) is 4.79 Å². The van der Waals surface area contributed by atoms with Crippen LogP contribution in [0.4, 0.5) is 0 Å². The summed E-state index contributed by atoms with van der Waals surface area (Å²) in [5.74, 6) is -0.527. The van der Waals surface area contributed by atoms with Crippen LogP contribution in [0.2, 0.25) is 0 Å². The van der Waals surface area contributed by atoms with Crippen molar-refractivity contribution < 1.29 is 24.5 Å². The molecule has 1 rings (SSSR count). The quantitative estimate of drug-likeness (QED) is 0.433. The molecule has 0 aromatic heterocycles. The van der Waals surface area contributed by atoms with E-state index in [0.29, 0.717) is 0 Å². The molecule has 0 spiro atoms. The van der Waals surface area contributed by atoms with Gasteiger partial charge < -0.3 is 19.7 Å². The van der Waals surface area contributed by atoms with Crippen molar-refractivity contribution in [1.29, 1.82) is 0 Å². The molecule has 15 heavy (non-hydrogen) atoms. The van der Waals surface area contributed by atoms with Crippen molar-refractivity contribution in [3.63, 3.8) is 0 Å². The molecule has 0 bridgehead atoms. The summed E-state index contributed by atoms with van der Waals surface area (Å²) in [6.07, 6.45) is -1.66. The van der Waals surface area contributed by atoms with E-state index >= 15 is 0 Å². The third kappa shape index (κ3) is 1.89. The third-order valence-electron chi connectivity index (χ3n) is 2.99. The Morgan fingerprint density at radius 2 is 2.27 bits per heavy atom. The van der Waals surface area contributed by atoms with Crippen molar-refractivity contribution in [3.05, 3.63) is 0 Å². The second-order valence-electron chi connectivity index (χ2n) is 3.96. The zero-order chi connectivity index (χ0) is 11.6. The van der Waals surface area contributed by atoms with Crippen LogP contribution < -0.4 is 0 Å². The SMILES string of the molecule is B[C@H]1OC(CO)[C@@](C)(C(=O)OCC)C1O. The zero-order valence-electron chi connectivity index (χ0n) is 9.27. The number of hydrogen-bond donors (Lipinski definition) is 2. The molecule has 5 nitrogen and oxygen atoms in total. The monoisotopic (exact) mass is 216 g/mol. The van der Waals surface area contributed by atoms with Gasteiger partial charge in [0.15, 0.2) is 0 Å². The lowest BCUT2D eigenvalue weighted by atomic mass is 9.76. The second kappa shape index (κ2) is 4.51. The molecule has 1 saturated heterocycles. The highest BCUT2D eigenvalue weighted by Gasteiger charge is 2.56. The summed E-state index contributed by atoms with van der Waals surface area (Å²) < 4.78 is 10.2. The summed E-state index contributed by atoms with van der Waals surface area (Å²) >= 11 is 0. The Bertz CT molecular complexity index is 247. The summed E-state index contributed by atoms with van der Waals surface area (Å²) in [6, 6.07) is -0.475. The minimum absolute atomic E-state index is 0.244. The first-order valence-electron chi connectivity index (χ1n) is 5.10. The average molecular weight is 216 g/mol. The van der Waals surface area contributed by atoms with E-state index in [1.165, 1.54) is 0 Å². The molecular formula is C9H17BO5. The van der Waals surface area contributed by atoms with Crippen molar-refractivity contribution in [2.24, 2.45) is 5.41 Å². The number of aliphatic hydroxyl groups excluding tert-OH is 2. The van der Waals surface area contributed by atoms with Crippen LogP contribution in [0, 0.1) is 5.41 Å². The van der Waals surface area contributed by atoms with Crippen molar-refractivity contribution in [2.45, 2.75) is 32.1 Å². The lowest BCUT2D eigenvalue weighted by molar-refractivity contribution is -0.163. The lowest BCUT2D eigenvalue weighted by Crippen LogP contribution is -2.47. The maximum atomic E-state index is 11.7. The maximum Gasteiger partial charge on any atom is 0.317 e. The third-order valence-corrected chi connectivity index (χ3v) is 2.99. The summed E-state index contributed by atoms with van der Waals surface area (Å²) in [5.41, 5.74) is -1.18. The topological polar surface area (TPSA) is 76.0 Å². The standard InChI is InChI=1S/C9H17BO5/c1-3-14-8(13)9(2)5(4-11)15-7(10)6(9)12/h5-7,11-12H,3-4,10H2,1-2H3/t5?,6?,7-,9+/m0/s1. The molecule has 1 heterocycles. The van der Waals surface area contributed by atoms with Crippen LogP contribution in [0.3, 0.4) is 0 Å². The molecule has 1 aliphatic heterocycles. The molecular weight excluding hydrogens is 199 g/mol. The maximum absolute atomic E-state index is 11.7. The van der Waals surface area contributed by atoms with Gasteiger partial charge in [0, 0.05) is 0 Å². The van der Waals surface area contributed by atoms with Crippen LogP contribution in [0.1, 0.15) is 13.8 Å². The van der Waals surface area contributed by atoms with Crippen LogP contribution in [-0.2, 0) is 14.3 Å². The Labute approximate surface area is 89.8 Å². The van der Waals surface area contributed by atoms with Gasteiger partial charge in [-0.2, -0.15) is 0 Å². The van der Waals surface area contributed by atoms with Gasteiger partial charge in [-0.1, -0.05) is 0 Å². The van der Waals surface area contributed by atoms with Crippen LogP contribution >= 0.6 is 0 Å². The predicted octanol–water partition coefficient (Wildman–Crippen LogP) is -1.73. The van der Waals surface area contributed by atoms with Gasteiger partial charge in [0.25, 0.3) is 0 Å². The van der Waals surface area contributed by atoms with Gasteiger partial charge in [0.1, 0.15) is 13.3 Å². The molecule has 2 unspecified atom stereocenters. The first kappa shape index (κ1) is 12.5. The van der Waals surface area contributed by atoms with E-state index in [9.17, 15) is 9.90 Å². The van der Waals surface area contributed by atoms with Crippen molar-refractivity contribution in [1.82, 2.24) is 0 Å². The number of hydrogen-bond acceptors (Lipinski definition) is 5. The molecule has 0 aliphatic carbocycles. The van der Waals surface area contributed by atoms with Gasteiger partial charge in [-0.05, 0) is 13.8 Å². The summed E-state index contributed by atoms with van der Waals surface area (Å²) in [4.78, 5) is 11.7. The number of ether oxygens (including phenoxy) is 2. The molecule has 6 heteroatoms. The molecule has 0 radical (unpaired) electrons. The van der Waals surface area contributed by atoms with Gasteiger partial charge in [0.05, 0.1) is 31.4 Å². The molecule has 86 valence electrons. The number of esters is 1. The van der Waals surface area contributed by atoms with E-state index in [4.69, 9.17) is 14.6 Å². The Kier molecular flexibility index (Phi) is 3.75. The van der Waals surface area contributed by atoms with E-state index in [2.05, 4.69) is 0 Å². The Morgan fingerprint density at radius 1 is 1.67 bits per heavy atom. The fraction of sp³-hybridized carbons (Fsp3) is 0.889. The second-order valence-corrected chi connectivity index (χ2v) is 3.96. The Balaban J connectivity index is 2.91. The van der Waals surface area contributed by atoms with E-state index in [0.717, 1.165) is 0 Å². The minimum atomic E-state index is -1.18. The lowest BCUT2D eigenvalue weighted by Gasteiger charge is -2.29. The van der Waals surface area contributed by atoms with E-state index in [-0.39, 0.29) is 13.2 Å². The number of carbonyl (C=O) groups excluding carboxylic acids is 1. The highest BCUT2D eigenvalue weighted by molar-refractivity contribution is 6.12. The van der Waals surface area contributed by atoms with E-state index in [1.807, 2.05) is 0 Å². The molecule has 4 atom stereocenters. The smallest absolute Gasteiger partial charge is 0.317 e. The van der Waals surface area contributed by atoms with Crippen molar-refractivity contribution in [2.75, 3.05) is 13.2 Å². The number of aliphatic hydroxyl groups is 2. The molecule has 0 aromatic rings. The normalized spacial score (nSPS) is 40.4.